The van der Waals surface area contributed by atoms with Gasteiger partial charge in [-0.3, -0.25) is 4.79 Å². The van der Waals surface area contributed by atoms with Crippen LogP contribution >= 0.6 is 0 Å². The third-order valence-corrected chi connectivity index (χ3v) is 3.05. The van der Waals surface area contributed by atoms with E-state index in [4.69, 9.17) is 14.3 Å². The van der Waals surface area contributed by atoms with E-state index in [0.29, 0.717) is 16.9 Å². The fraction of sp³-hybridized carbons (Fsp3) is 0.250. The molecule has 2 aromatic rings. The van der Waals surface area contributed by atoms with Gasteiger partial charge >= 0.3 is 5.97 Å². The summed E-state index contributed by atoms with van der Waals surface area (Å²) < 4.78 is 10.1. The molecule has 116 valence electrons. The van der Waals surface area contributed by atoms with E-state index in [1.807, 2.05) is 0 Å². The summed E-state index contributed by atoms with van der Waals surface area (Å²) in [4.78, 5) is 23.5. The predicted octanol–water partition coefficient (Wildman–Crippen LogP) is 1.81. The lowest BCUT2D eigenvalue weighted by Crippen LogP contribution is -2.30. The predicted molar refractivity (Wildman–Crippen MR) is 77.9 cm³/mol. The van der Waals surface area contributed by atoms with E-state index in [-0.39, 0.29) is 19.3 Å². The van der Waals surface area contributed by atoms with Gasteiger partial charge in [-0.15, -0.1) is 0 Å². The van der Waals surface area contributed by atoms with E-state index in [1.54, 1.807) is 31.2 Å². The van der Waals surface area contributed by atoms with Crippen LogP contribution in [0, 0.1) is 0 Å². The van der Waals surface area contributed by atoms with Crippen LogP contribution in [-0.4, -0.2) is 23.6 Å². The van der Waals surface area contributed by atoms with Crippen molar-refractivity contribution < 1.29 is 23.8 Å². The maximum absolute atomic E-state index is 11.8. The molecule has 0 aliphatic rings. The largest absolute Gasteiger partial charge is 0.467 e. The Labute approximate surface area is 127 Å². The zero-order chi connectivity index (χ0) is 15.9. The molecule has 22 heavy (non-hydrogen) atoms. The lowest BCUT2D eigenvalue weighted by molar-refractivity contribution is -0.125. The van der Waals surface area contributed by atoms with Crippen molar-refractivity contribution in [2.45, 2.75) is 19.6 Å². The minimum atomic E-state index is -0.592. The van der Waals surface area contributed by atoms with Crippen LogP contribution in [0.1, 0.15) is 34.6 Å². The molecule has 2 rings (SSSR count). The molecule has 0 radical (unpaired) electrons. The second-order valence-electron chi connectivity index (χ2n) is 4.74. The number of carbonyl (C=O) groups excluding carboxylic acids is 2. The average molecular weight is 303 g/mol. The number of amides is 1. The van der Waals surface area contributed by atoms with Crippen molar-refractivity contribution >= 4 is 11.9 Å². The van der Waals surface area contributed by atoms with Crippen LogP contribution in [0.2, 0.25) is 0 Å². The molecule has 0 saturated heterocycles. The highest BCUT2D eigenvalue weighted by Crippen LogP contribution is 2.12. The van der Waals surface area contributed by atoms with Gasteiger partial charge in [0.2, 0.25) is 0 Å². The molecule has 6 heteroatoms. The lowest BCUT2D eigenvalue weighted by Gasteiger charge is -2.11. The number of hydrogen-bond acceptors (Lipinski definition) is 5. The molecule has 6 nitrogen and oxygen atoms in total. The van der Waals surface area contributed by atoms with E-state index in [0.717, 1.165) is 0 Å². The molecule has 0 saturated carbocycles. The molecule has 0 spiro atoms. The Morgan fingerprint density at radius 1 is 1.27 bits per heavy atom. The smallest absolute Gasteiger partial charge is 0.338 e. The molecular formula is C16H17NO5. The summed E-state index contributed by atoms with van der Waals surface area (Å²) in [7, 11) is 0. The van der Waals surface area contributed by atoms with Gasteiger partial charge < -0.3 is 19.6 Å². The maximum Gasteiger partial charge on any atom is 0.338 e. The molecule has 1 aromatic carbocycles. The Morgan fingerprint density at radius 2 is 2.00 bits per heavy atom. The summed E-state index contributed by atoms with van der Waals surface area (Å²) in [6, 6.07) is 9.50. The van der Waals surface area contributed by atoms with Gasteiger partial charge in [-0.25, -0.2) is 4.79 Å². The van der Waals surface area contributed by atoms with E-state index in [2.05, 4.69) is 5.32 Å². The molecular weight excluding hydrogens is 286 g/mol. The highest BCUT2D eigenvalue weighted by atomic mass is 16.5. The first kappa shape index (κ1) is 15.8. The zero-order valence-corrected chi connectivity index (χ0v) is 12.1. The van der Waals surface area contributed by atoms with Crippen molar-refractivity contribution in [3.63, 3.8) is 0 Å². The zero-order valence-electron chi connectivity index (χ0n) is 12.1. The standard InChI is InChI=1S/C16H17NO5/c1-11(14-3-2-8-21-14)17-15(19)10-22-16(20)13-6-4-12(9-18)5-7-13/h2-8,11,18H,9-10H2,1H3,(H,17,19)/t11-/m1/s1. The van der Waals surface area contributed by atoms with Gasteiger partial charge in [-0.05, 0) is 36.8 Å². The van der Waals surface area contributed by atoms with Crippen molar-refractivity contribution in [3.8, 4) is 0 Å². The van der Waals surface area contributed by atoms with Gasteiger partial charge in [0.25, 0.3) is 5.91 Å². The number of furan rings is 1. The van der Waals surface area contributed by atoms with E-state index >= 15 is 0 Å². The van der Waals surface area contributed by atoms with Gasteiger partial charge in [0.1, 0.15) is 5.76 Å². The van der Waals surface area contributed by atoms with Crippen molar-refractivity contribution in [2.75, 3.05) is 6.61 Å². The first-order chi connectivity index (χ1) is 10.6. The second kappa shape index (κ2) is 7.42. The molecule has 0 bridgehead atoms. The molecule has 0 fully saturated rings. The Balaban J connectivity index is 1.81. The first-order valence-electron chi connectivity index (χ1n) is 6.80. The maximum atomic E-state index is 11.8. The SMILES string of the molecule is C[C@@H](NC(=O)COC(=O)c1ccc(CO)cc1)c1ccco1. The van der Waals surface area contributed by atoms with E-state index in [1.165, 1.54) is 18.4 Å². The number of aliphatic hydroxyl groups is 1. The normalized spacial score (nSPS) is 11.7. The van der Waals surface area contributed by atoms with Gasteiger partial charge in [0.15, 0.2) is 6.61 Å². The van der Waals surface area contributed by atoms with Crippen LogP contribution in [-0.2, 0) is 16.1 Å². The van der Waals surface area contributed by atoms with Crippen molar-refractivity contribution in [2.24, 2.45) is 0 Å². The number of benzene rings is 1. The molecule has 1 heterocycles. The number of hydrogen-bond donors (Lipinski definition) is 2. The van der Waals surface area contributed by atoms with Crippen LogP contribution in [0.4, 0.5) is 0 Å². The minimum absolute atomic E-state index is 0.0948. The van der Waals surface area contributed by atoms with Gasteiger partial charge in [0, 0.05) is 0 Å². The quantitative estimate of drug-likeness (QED) is 0.794. The van der Waals surface area contributed by atoms with Crippen LogP contribution in [0.25, 0.3) is 0 Å². The van der Waals surface area contributed by atoms with Crippen molar-refractivity contribution in [1.82, 2.24) is 5.32 Å². The summed E-state index contributed by atoms with van der Waals surface area (Å²) in [5.74, 6) is -0.381. The Kier molecular flexibility index (Phi) is 5.32. The number of esters is 1. The van der Waals surface area contributed by atoms with Gasteiger partial charge in [-0.2, -0.15) is 0 Å². The molecule has 2 N–H and O–H groups in total. The highest BCUT2D eigenvalue weighted by Gasteiger charge is 2.14. The molecule has 0 aliphatic carbocycles. The Hall–Kier alpha value is -2.60. The summed E-state index contributed by atoms with van der Waals surface area (Å²) in [5.41, 5.74) is 1.02. The van der Waals surface area contributed by atoms with Crippen molar-refractivity contribution in [3.05, 3.63) is 59.5 Å². The summed E-state index contributed by atoms with van der Waals surface area (Å²) >= 11 is 0. The molecule has 1 amide bonds. The van der Waals surface area contributed by atoms with Gasteiger partial charge in [-0.1, -0.05) is 12.1 Å². The van der Waals surface area contributed by atoms with Crippen LogP contribution in [0.5, 0.6) is 0 Å². The van der Waals surface area contributed by atoms with Crippen LogP contribution < -0.4 is 5.32 Å². The summed E-state index contributed by atoms with van der Waals surface area (Å²) in [5, 5.41) is 11.6. The Bertz CT molecular complexity index is 618. The highest BCUT2D eigenvalue weighted by molar-refractivity contribution is 5.91. The van der Waals surface area contributed by atoms with E-state index in [9.17, 15) is 9.59 Å². The summed E-state index contributed by atoms with van der Waals surface area (Å²) in [6.45, 7) is 1.31. The van der Waals surface area contributed by atoms with Gasteiger partial charge in [0.05, 0.1) is 24.5 Å². The number of rotatable bonds is 6. The molecule has 0 aliphatic heterocycles. The molecule has 0 unspecified atom stereocenters. The topological polar surface area (TPSA) is 88.8 Å². The monoisotopic (exact) mass is 303 g/mol. The number of carbonyl (C=O) groups is 2. The summed E-state index contributed by atoms with van der Waals surface area (Å²) in [6.07, 6.45) is 1.52. The van der Waals surface area contributed by atoms with Crippen molar-refractivity contribution in [1.29, 1.82) is 0 Å². The Morgan fingerprint density at radius 3 is 2.59 bits per heavy atom. The average Bonchev–Trinajstić information content (AvgIpc) is 3.07. The van der Waals surface area contributed by atoms with Crippen LogP contribution in [0.3, 0.4) is 0 Å². The van der Waals surface area contributed by atoms with Crippen LogP contribution in [0.15, 0.2) is 47.1 Å². The lowest BCUT2D eigenvalue weighted by atomic mass is 10.1. The first-order valence-corrected chi connectivity index (χ1v) is 6.80. The fourth-order valence-corrected chi connectivity index (χ4v) is 1.85. The fourth-order valence-electron chi connectivity index (χ4n) is 1.85. The number of ether oxygens (including phenoxy) is 1. The molecule has 1 atom stereocenters. The third kappa shape index (κ3) is 4.20. The molecule has 1 aromatic heterocycles. The third-order valence-electron chi connectivity index (χ3n) is 3.05. The van der Waals surface area contributed by atoms with E-state index < -0.39 is 11.9 Å². The number of aliphatic hydroxyl groups excluding tert-OH is 1. The number of nitrogens with one attached hydrogen (secondary N) is 1. The second-order valence-corrected chi connectivity index (χ2v) is 4.74. The minimum Gasteiger partial charge on any atom is -0.467 e.